The number of sulfonamides is 1. The van der Waals surface area contributed by atoms with Gasteiger partial charge < -0.3 is 10.2 Å². The molecule has 0 amide bonds. The molecule has 0 radical (unpaired) electrons. The average molecular weight is 514 g/mol. The highest BCUT2D eigenvalue weighted by molar-refractivity contribution is 7.89. The number of carboxylic acid groups (broad SMARTS) is 2. The fourth-order valence-electron chi connectivity index (χ4n) is 4.45. The largest absolute Gasteiger partial charge is 0.481 e. The molecule has 3 aromatic rings. The predicted molar refractivity (Wildman–Crippen MR) is 132 cm³/mol. The molecule has 1 fully saturated rings. The number of nitrogens with zero attached hydrogens (tertiary/aromatic N) is 1. The number of hydrogen-bond acceptors (Lipinski definition) is 4. The third-order valence-corrected chi connectivity index (χ3v) is 8.53. The summed E-state index contributed by atoms with van der Waals surface area (Å²) < 4.78 is 28.5. The van der Waals surface area contributed by atoms with Gasteiger partial charge in [0.05, 0.1) is 4.90 Å². The highest BCUT2D eigenvalue weighted by Gasteiger charge is 2.67. The maximum atomic E-state index is 13.8. The van der Waals surface area contributed by atoms with Gasteiger partial charge in [-0.05, 0) is 53.8 Å². The van der Waals surface area contributed by atoms with E-state index in [1.165, 1.54) is 12.1 Å². The first-order chi connectivity index (χ1) is 16.7. The van der Waals surface area contributed by atoms with Gasteiger partial charge in [-0.15, -0.1) is 0 Å². The minimum Gasteiger partial charge on any atom is -0.481 e. The third kappa shape index (κ3) is 4.96. The van der Waals surface area contributed by atoms with Crippen molar-refractivity contribution in [3.8, 4) is 11.1 Å². The molecule has 0 bridgehead atoms. The van der Waals surface area contributed by atoms with Gasteiger partial charge in [0.2, 0.25) is 10.0 Å². The van der Waals surface area contributed by atoms with Crippen LogP contribution >= 0.6 is 11.6 Å². The van der Waals surface area contributed by atoms with Gasteiger partial charge in [-0.3, -0.25) is 9.59 Å². The first kappa shape index (κ1) is 24.9. The Morgan fingerprint density at radius 3 is 2.03 bits per heavy atom. The van der Waals surface area contributed by atoms with Crippen LogP contribution in [-0.4, -0.2) is 47.0 Å². The van der Waals surface area contributed by atoms with Crippen molar-refractivity contribution in [3.05, 3.63) is 89.4 Å². The lowest BCUT2D eigenvalue weighted by atomic mass is 10.1. The normalized spacial score (nSPS) is 19.4. The molecule has 0 unspecified atom stereocenters. The smallest absolute Gasteiger partial charge is 0.325 e. The number of aliphatic carboxylic acids is 2. The number of carbonyl (C=O) groups is 2. The van der Waals surface area contributed by atoms with Crippen molar-refractivity contribution in [1.29, 1.82) is 0 Å². The molecule has 0 aliphatic heterocycles. The lowest BCUT2D eigenvalue weighted by Crippen LogP contribution is -2.49. The Kier molecular flexibility index (Phi) is 6.98. The molecule has 0 saturated heterocycles. The molecule has 0 spiro atoms. The monoisotopic (exact) mass is 513 g/mol. The lowest BCUT2D eigenvalue weighted by Gasteiger charge is -2.29. The quantitative estimate of drug-likeness (QED) is 0.400. The van der Waals surface area contributed by atoms with Crippen molar-refractivity contribution < 1.29 is 28.2 Å². The number of halogens is 1. The molecule has 1 aliphatic carbocycles. The van der Waals surface area contributed by atoms with Crippen LogP contribution in [0.25, 0.3) is 11.1 Å². The van der Waals surface area contributed by atoms with Gasteiger partial charge in [0.25, 0.3) is 0 Å². The summed E-state index contributed by atoms with van der Waals surface area (Å²) in [5, 5.41) is 19.9. The van der Waals surface area contributed by atoms with E-state index in [-0.39, 0.29) is 30.7 Å². The third-order valence-electron chi connectivity index (χ3n) is 6.32. The van der Waals surface area contributed by atoms with Crippen molar-refractivity contribution in [3.63, 3.8) is 0 Å². The molecule has 1 aliphatic rings. The Labute approximate surface area is 208 Å². The predicted octanol–water partition coefficient (Wildman–Crippen LogP) is 4.87. The second kappa shape index (κ2) is 9.81. The van der Waals surface area contributed by atoms with E-state index in [2.05, 4.69) is 0 Å². The second-order valence-electron chi connectivity index (χ2n) is 8.50. The summed E-state index contributed by atoms with van der Waals surface area (Å²) in [5.41, 5.74) is 0.684. The van der Waals surface area contributed by atoms with Crippen LogP contribution in [0.4, 0.5) is 0 Å². The Morgan fingerprint density at radius 2 is 1.49 bits per heavy atom. The van der Waals surface area contributed by atoms with E-state index < -0.39 is 33.4 Å². The maximum absolute atomic E-state index is 13.8. The van der Waals surface area contributed by atoms with Gasteiger partial charge in [0.1, 0.15) is 5.54 Å². The SMILES string of the molecule is O=C(O)CCCN([C@]1(C(=O)O)C[C@H]1c1ccccc1)S(=O)(=O)c1ccc(-c2ccc(Cl)cc2)cc1. The molecule has 35 heavy (non-hydrogen) atoms. The van der Waals surface area contributed by atoms with Crippen LogP contribution in [-0.2, 0) is 19.6 Å². The first-order valence-electron chi connectivity index (χ1n) is 11.1. The van der Waals surface area contributed by atoms with Gasteiger partial charge in [-0.1, -0.05) is 66.2 Å². The van der Waals surface area contributed by atoms with E-state index in [9.17, 15) is 23.1 Å². The molecule has 0 aromatic heterocycles. The number of rotatable bonds is 10. The van der Waals surface area contributed by atoms with Crippen LogP contribution in [0.3, 0.4) is 0 Å². The molecule has 1 saturated carbocycles. The highest BCUT2D eigenvalue weighted by Crippen LogP contribution is 2.57. The molecule has 7 nitrogen and oxygen atoms in total. The van der Waals surface area contributed by atoms with Gasteiger partial charge in [0, 0.05) is 23.9 Å². The first-order valence-corrected chi connectivity index (χ1v) is 12.9. The number of hydrogen-bond donors (Lipinski definition) is 2. The summed E-state index contributed by atoms with van der Waals surface area (Å²) >= 11 is 5.94. The molecule has 0 heterocycles. The van der Waals surface area contributed by atoms with Crippen LogP contribution in [0.15, 0.2) is 83.8 Å². The van der Waals surface area contributed by atoms with E-state index in [1.54, 1.807) is 54.6 Å². The van der Waals surface area contributed by atoms with Gasteiger partial charge in [-0.25, -0.2) is 8.42 Å². The van der Waals surface area contributed by atoms with Crippen molar-refractivity contribution >= 4 is 33.6 Å². The minimum absolute atomic E-state index is 0.00599. The fraction of sp³-hybridized carbons (Fsp3) is 0.231. The molecule has 2 N–H and O–H groups in total. The maximum Gasteiger partial charge on any atom is 0.325 e. The molecule has 2 atom stereocenters. The van der Waals surface area contributed by atoms with E-state index in [1.807, 2.05) is 12.1 Å². The van der Waals surface area contributed by atoms with Crippen molar-refractivity contribution in [2.24, 2.45) is 0 Å². The fourth-order valence-corrected chi connectivity index (χ4v) is 6.39. The highest BCUT2D eigenvalue weighted by atomic mass is 35.5. The van der Waals surface area contributed by atoms with Crippen LogP contribution < -0.4 is 0 Å². The summed E-state index contributed by atoms with van der Waals surface area (Å²) in [4.78, 5) is 23.6. The molecule has 9 heteroatoms. The Bertz CT molecular complexity index is 1330. The molecule has 182 valence electrons. The summed E-state index contributed by atoms with van der Waals surface area (Å²) in [5.74, 6) is -2.85. The summed E-state index contributed by atoms with van der Waals surface area (Å²) in [6, 6.07) is 22.2. The van der Waals surface area contributed by atoms with E-state index in [0.717, 1.165) is 21.0 Å². The van der Waals surface area contributed by atoms with Crippen molar-refractivity contribution in [2.45, 2.75) is 35.6 Å². The Morgan fingerprint density at radius 1 is 0.914 bits per heavy atom. The lowest BCUT2D eigenvalue weighted by molar-refractivity contribution is -0.143. The zero-order chi connectivity index (χ0) is 25.2. The minimum atomic E-state index is -4.25. The summed E-state index contributed by atoms with van der Waals surface area (Å²) in [7, 11) is -4.25. The molecular formula is C26H24ClNO6S. The van der Waals surface area contributed by atoms with Gasteiger partial charge in [0.15, 0.2) is 0 Å². The zero-order valence-electron chi connectivity index (χ0n) is 18.7. The number of carboxylic acids is 2. The van der Waals surface area contributed by atoms with Crippen LogP contribution in [0.1, 0.15) is 30.7 Å². The van der Waals surface area contributed by atoms with Crippen LogP contribution in [0, 0.1) is 0 Å². The molecular weight excluding hydrogens is 490 g/mol. The summed E-state index contributed by atoms with van der Waals surface area (Å²) in [6.07, 6.45) is -0.164. The molecule has 3 aromatic carbocycles. The molecule has 4 rings (SSSR count). The Hall–Kier alpha value is -3.20. The van der Waals surface area contributed by atoms with E-state index >= 15 is 0 Å². The number of benzene rings is 3. The topological polar surface area (TPSA) is 112 Å². The van der Waals surface area contributed by atoms with Crippen molar-refractivity contribution in [2.75, 3.05) is 6.54 Å². The van der Waals surface area contributed by atoms with Crippen LogP contribution in [0.5, 0.6) is 0 Å². The van der Waals surface area contributed by atoms with Gasteiger partial charge >= 0.3 is 11.9 Å². The second-order valence-corrected chi connectivity index (χ2v) is 10.8. The van der Waals surface area contributed by atoms with E-state index in [0.29, 0.717) is 5.02 Å². The Balaban J connectivity index is 1.70. The summed E-state index contributed by atoms with van der Waals surface area (Å²) in [6.45, 7) is -0.219. The van der Waals surface area contributed by atoms with Crippen LogP contribution in [0.2, 0.25) is 5.02 Å². The zero-order valence-corrected chi connectivity index (χ0v) is 20.2. The average Bonchev–Trinajstić information content (AvgIpc) is 3.59. The van der Waals surface area contributed by atoms with Gasteiger partial charge in [-0.2, -0.15) is 4.31 Å². The van der Waals surface area contributed by atoms with E-state index in [4.69, 9.17) is 16.7 Å². The standard InChI is InChI=1S/C26H24ClNO6S/c27-21-12-8-18(9-13-21)19-10-14-22(15-11-19)35(33,34)28(16-4-7-24(29)30)26(25(31)32)17-23(26)20-5-2-1-3-6-20/h1-3,5-6,8-15,23H,4,7,16-17H2,(H,29,30)(H,31,32)/t23-,26+/m0/s1. The van der Waals surface area contributed by atoms with Crippen molar-refractivity contribution in [1.82, 2.24) is 4.31 Å².